The molecular weight excluding hydrogens is 324 g/mol. The molecule has 0 aromatic carbocycles. The number of quaternary nitrogens is 1. The van der Waals surface area contributed by atoms with Gasteiger partial charge in [0.1, 0.15) is 6.54 Å². The molecule has 128 valence electrons. The van der Waals surface area contributed by atoms with E-state index in [1.54, 1.807) is 17.5 Å². The molecule has 3 rings (SSSR count). The average Bonchev–Trinajstić information content (AvgIpc) is 3.15. The summed E-state index contributed by atoms with van der Waals surface area (Å²) in [5, 5.41) is 2.82. The molecule has 1 saturated heterocycles. The summed E-state index contributed by atoms with van der Waals surface area (Å²) in [5.74, 6) is -0.0929. The number of thiazole rings is 1. The summed E-state index contributed by atoms with van der Waals surface area (Å²) >= 11 is 1.56. The molecule has 6 nitrogen and oxygen atoms in total. The summed E-state index contributed by atoms with van der Waals surface area (Å²) in [5.41, 5.74) is 8.10. The number of likely N-dealkylation sites (tertiary alicyclic amines) is 1. The Kier molecular flexibility index (Phi) is 4.82. The van der Waals surface area contributed by atoms with E-state index in [1.807, 2.05) is 29.9 Å². The van der Waals surface area contributed by atoms with Gasteiger partial charge in [-0.25, -0.2) is 4.98 Å². The Hall–Kier alpha value is -1.99. The number of primary amides is 1. The summed E-state index contributed by atoms with van der Waals surface area (Å²) in [6.45, 7) is 6.08. The van der Waals surface area contributed by atoms with Crippen LogP contribution in [0.15, 0.2) is 17.6 Å². The Morgan fingerprint density at radius 3 is 2.67 bits per heavy atom. The third-order valence-corrected chi connectivity index (χ3v) is 5.60. The van der Waals surface area contributed by atoms with Crippen LogP contribution in [0.3, 0.4) is 0 Å². The van der Waals surface area contributed by atoms with Crippen molar-refractivity contribution < 1.29 is 14.5 Å². The fourth-order valence-electron chi connectivity index (χ4n) is 3.48. The van der Waals surface area contributed by atoms with Gasteiger partial charge in [-0.05, 0) is 19.9 Å². The highest BCUT2D eigenvalue weighted by atomic mass is 32.1. The molecule has 2 aromatic rings. The molecule has 1 aliphatic heterocycles. The van der Waals surface area contributed by atoms with E-state index in [0.717, 1.165) is 48.0 Å². The number of carbonyl (C=O) groups excluding carboxylic acids is 2. The third kappa shape index (κ3) is 3.27. The number of hydrogen-bond donors (Lipinski definition) is 2. The number of piperidine rings is 1. The first-order valence-electron chi connectivity index (χ1n) is 8.22. The molecule has 2 aromatic heterocycles. The number of nitrogens with zero attached hydrogens (tertiary/aromatic N) is 2. The summed E-state index contributed by atoms with van der Waals surface area (Å²) in [6, 6.07) is 1.95. The molecular formula is C17H23N4O2S+. The van der Waals surface area contributed by atoms with Crippen molar-refractivity contribution in [2.24, 2.45) is 11.7 Å². The number of rotatable bonds is 5. The molecule has 7 heteroatoms. The lowest BCUT2D eigenvalue weighted by atomic mass is 9.96. The van der Waals surface area contributed by atoms with Crippen molar-refractivity contribution in [2.75, 3.05) is 19.6 Å². The van der Waals surface area contributed by atoms with Gasteiger partial charge < -0.3 is 10.6 Å². The van der Waals surface area contributed by atoms with E-state index in [9.17, 15) is 9.59 Å². The van der Waals surface area contributed by atoms with E-state index in [2.05, 4.69) is 4.98 Å². The molecule has 1 amide bonds. The van der Waals surface area contributed by atoms with Crippen molar-refractivity contribution in [1.82, 2.24) is 9.55 Å². The Morgan fingerprint density at radius 1 is 1.38 bits per heavy atom. The normalized spacial score (nSPS) is 20.9. The molecule has 0 atom stereocenters. The zero-order valence-corrected chi connectivity index (χ0v) is 14.9. The minimum Gasteiger partial charge on any atom is -0.369 e. The van der Waals surface area contributed by atoms with Crippen LogP contribution in [0.25, 0.3) is 5.13 Å². The maximum Gasteiger partial charge on any atom is 0.220 e. The van der Waals surface area contributed by atoms with Crippen molar-refractivity contribution in [2.45, 2.75) is 26.7 Å². The van der Waals surface area contributed by atoms with Crippen molar-refractivity contribution >= 4 is 23.0 Å². The molecule has 0 radical (unpaired) electrons. The lowest BCUT2D eigenvalue weighted by molar-refractivity contribution is -0.897. The first-order chi connectivity index (χ1) is 11.5. The van der Waals surface area contributed by atoms with Crippen LogP contribution >= 0.6 is 11.3 Å². The van der Waals surface area contributed by atoms with Gasteiger partial charge in [0.15, 0.2) is 5.13 Å². The van der Waals surface area contributed by atoms with E-state index in [-0.39, 0.29) is 17.6 Å². The second kappa shape index (κ2) is 6.86. The number of hydrogen-bond acceptors (Lipinski definition) is 4. The van der Waals surface area contributed by atoms with Gasteiger partial charge in [0.05, 0.1) is 13.1 Å². The number of nitrogens with one attached hydrogen (secondary N) is 1. The number of aryl methyl sites for hydroxylation is 1. The number of carbonyl (C=O) groups is 2. The number of Topliss-reactive ketones (excluding diaryl/α,β-unsaturated/α-hetero) is 1. The maximum absolute atomic E-state index is 12.7. The number of ketones is 1. The van der Waals surface area contributed by atoms with Gasteiger partial charge in [0.2, 0.25) is 11.7 Å². The van der Waals surface area contributed by atoms with Gasteiger partial charge in [0, 0.05) is 47.3 Å². The number of nitrogens with two attached hydrogens (primary N) is 1. The Morgan fingerprint density at radius 2 is 2.08 bits per heavy atom. The molecule has 0 aliphatic carbocycles. The van der Waals surface area contributed by atoms with Crippen molar-refractivity contribution in [3.8, 4) is 5.13 Å². The van der Waals surface area contributed by atoms with Gasteiger partial charge in [-0.15, -0.1) is 11.3 Å². The predicted octanol–water partition coefficient (Wildman–Crippen LogP) is 0.514. The van der Waals surface area contributed by atoms with Crippen LogP contribution in [0.1, 0.15) is 34.6 Å². The maximum atomic E-state index is 12.7. The SMILES string of the molecule is Cc1cc(C(=O)C[NH+]2CCC(C(N)=O)CC2)c(C)n1-c1nccs1. The van der Waals surface area contributed by atoms with Crippen LogP contribution < -0.4 is 10.6 Å². The Labute approximate surface area is 145 Å². The predicted molar refractivity (Wildman–Crippen MR) is 92.7 cm³/mol. The van der Waals surface area contributed by atoms with E-state index >= 15 is 0 Å². The number of amides is 1. The van der Waals surface area contributed by atoms with E-state index in [1.165, 1.54) is 4.90 Å². The highest BCUT2D eigenvalue weighted by Gasteiger charge is 2.28. The molecule has 1 fully saturated rings. The lowest BCUT2D eigenvalue weighted by Gasteiger charge is -2.27. The Bertz CT molecular complexity index is 743. The molecule has 3 N–H and O–H groups in total. The van der Waals surface area contributed by atoms with Crippen LogP contribution in [0.2, 0.25) is 0 Å². The first-order valence-corrected chi connectivity index (χ1v) is 9.10. The average molecular weight is 347 g/mol. The highest BCUT2D eigenvalue weighted by Crippen LogP contribution is 2.22. The van der Waals surface area contributed by atoms with E-state index in [0.29, 0.717) is 6.54 Å². The van der Waals surface area contributed by atoms with Crippen LogP contribution in [-0.2, 0) is 4.79 Å². The zero-order valence-electron chi connectivity index (χ0n) is 14.0. The summed E-state index contributed by atoms with van der Waals surface area (Å²) in [4.78, 5) is 29.6. The Balaban J connectivity index is 1.70. The van der Waals surface area contributed by atoms with Crippen LogP contribution in [-0.4, -0.2) is 40.9 Å². The van der Waals surface area contributed by atoms with Gasteiger partial charge in [-0.1, -0.05) is 0 Å². The van der Waals surface area contributed by atoms with Crippen molar-refractivity contribution in [3.05, 3.63) is 34.6 Å². The van der Waals surface area contributed by atoms with Gasteiger partial charge in [-0.2, -0.15) is 0 Å². The fourth-order valence-corrected chi connectivity index (χ4v) is 4.23. The standard InChI is InChI=1S/C17H22N4O2S/c1-11-9-14(12(2)21(11)17-19-5-8-24-17)15(22)10-20-6-3-13(4-7-20)16(18)23/h5,8-9,13H,3-4,6-7,10H2,1-2H3,(H2,18,23)/p+1. The monoisotopic (exact) mass is 347 g/mol. The van der Waals surface area contributed by atoms with Gasteiger partial charge in [-0.3, -0.25) is 14.2 Å². The first kappa shape index (κ1) is 16.9. The second-order valence-corrected chi connectivity index (χ2v) is 7.33. The van der Waals surface area contributed by atoms with Gasteiger partial charge >= 0.3 is 0 Å². The minimum absolute atomic E-state index is 0.0289. The van der Waals surface area contributed by atoms with Crippen molar-refractivity contribution in [3.63, 3.8) is 0 Å². The largest absolute Gasteiger partial charge is 0.369 e. The molecule has 0 saturated carbocycles. The van der Waals surface area contributed by atoms with Gasteiger partial charge in [0.25, 0.3) is 0 Å². The fraction of sp³-hybridized carbons (Fsp3) is 0.471. The topological polar surface area (TPSA) is 82.4 Å². The molecule has 0 bridgehead atoms. The molecule has 1 aliphatic rings. The second-order valence-electron chi connectivity index (χ2n) is 6.46. The third-order valence-electron chi connectivity index (χ3n) is 4.85. The van der Waals surface area contributed by atoms with E-state index in [4.69, 9.17) is 5.73 Å². The van der Waals surface area contributed by atoms with Crippen molar-refractivity contribution in [1.29, 1.82) is 0 Å². The quantitative estimate of drug-likeness (QED) is 0.774. The smallest absolute Gasteiger partial charge is 0.220 e. The van der Waals surface area contributed by atoms with Crippen LogP contribution in [0, 0.1) is 19.8 Å². The molecule has 0 spiro atoms. The molecule has 24 heavy (non-hydrogen) atoms. The lowest BCUT2D eigenvalue weighted by Crippen LogP contribution is -3.14. The highest BCUT2D eigenvalue weighted by molar-refractivity contribution is 7.12. The molecule has 0 unspecified atom stereocenters. The van der Waals surface area contributed by atoms with E-state index < -0.39 is 0 Å². The summed E-state index contributed by atoms with van der Waals surface area (Å²) < 4.78 is 2.03. The minimum atomic E-state index is -0.215. The summed E-state index contributed by atoms with van der Waals surface area (Å²) in [6.07, 6.45) is 3.32. The molecule has 3 heterocycles. The zero-order chi connectivity index (χ0) is 17.3. The van der Waals surface area contributed by atoms with Crippen LogP contribution in [0.4, 0.5) is 0 Å². The number of aromatic nitrogens is 2. The van der Waals surface area contributed by atoms with Crippen LogP contribution in [0.5, 0.6) is 0 Å². The summed E-state index contributed by atoms with van der Waals surface area (Å²) in [7, 11) is 0.